The summed E-state index contributed by atoms with van der Waals surface area (Å²) in [5.74, 6) is 0. The van der Waals surface area contributed by atoms with Crippen molar-refractivity contribution in [1.29, 1.82) is 0 Å². The summed E-state index contributed by atoms with van der Waals surface area (Å²) >= 11 is 0. The zero-order valence-electron chi connectivity index (χ0n) is 12.2. The van der Waals surface area contributed by atoms with Crippen molar-refractivity contribution in [3.05, 3.63) is 58.0 Å². The Morgan fingerprint density at radius 1 is 1.23 bits per heavy atom. The van der Waals surface area contributed by atoms with Crippen LogP contribution < -0.4 is 16.2 Å². The second kappa shape index (κ2) is 6.43. The molecule has 114 valence electrons. The highest BCUT2D eigenvalue weighted by Crippen LogP contribution is 2.16. The molecule has 1 aliphatic carbocycles. The van der Waals surface area contributed by atoms with Crippen LogP contribution in [0.5, 0.6) is 0 Å². The third kappa shape index (κ3) is 3.33. The van der Waals surface area contributed by atoms with E-state index in [1.165, 1.54) is 4.68 Å². The van der Waals surface area contributed by atoms with Gasteiger partial charge in [0.15, 0.2) is 0 Å². The minimum absolute atomic E-state index is 0.106. The third-order valence-electron chi connectivity index (χ3n) is 3.66. The fraction of sp³-hybridized carbons (Fsp3) is 0.312. The number of nitrogens with zero attached hydrogens (tertiary/aromatic N) is 2. The zero-order chi connectivity index (χ0) is 15.4. The van der Waals surface area contributed by atoms with Crippen molar-refractivity contribution in [3.63, 3.8) is 0 Å². The quantitative estimate of drug-likeness (QED) is 0.899. The highest BCUT2D eigenvalue weighted by atomic mass is 16.2. The van der Waals surface area contributed by atoms with Crippen molar-refractivity contribution >= 4 is 11.7 Å². The van der Waals surface area contributed by atoms with Gasteiger partial charge in [-0.05, 0) is 37.0 Å². The van der Waals surface area contributed by atoms with Gasteiger partial charge in [-0.15, -0.1) is 0 Å². The Morgan fingerprint density at radius 3 is 2.86 bits per heavy atom. The van der Waals surface area contributed by atoms with Crippen molar-refractivity contribution in [1.82, 2.24) is 15.1 Å². The minimum Gasteiger partial charge on any atom is -0.336 e. The largest absolute Gasteiger partial charge is 0.336 e. The first-order valence-corrected chi connectivity index (χ1v) is 7.42. The maximum absolute atomic E-state index is 11.9. The Bertz CT molecular complexity index is 725. The SMILES string of the molecule is O=C(NCCn1nc2c(cc1=O)CCC2)Nc1ccccc1. The molecule has 1 aliphatic rings. The first kappa shape index (κ1) is 14.3. The van der Waals surface area contributed by atoms with Crippen molar-refractivity contribution in [3.8, 4) is 0 Å². The molecule has 2 amide bonds. The summed E-state index contributed by atoms with van der Waals surface area (Å²) < 4.78 is 1.42. The third-order valence-corrected chi connectivity index (χ3v) is 3.66. The molecule has 22 heavy (non-hydrogen) atoms. The molecule has 3 rings (SSSR count). The Balaban J connectivity index is 1.53. The number of aromatic nitrogens is 2. The van der Waals surface area contributed by atoms with E-state index in [1.54, 1.807) is 6.07 Å². The lowest BCUT2D eigenvalue weighted by Crippen LogP contribution is -2.34. The summed E-state index contributed by atoms with van der Waals surface area (Å²) in [5, 5.41) is 9.82. The fourth-order valence-electron chi connectivity index (χ4n) is 2.57. The molecule has 6 nitrogen and oxygen atoms in total. The van der Waals surface area contributed by atoms with Gasteiger partial charge in [0.05, 0.1) is 12.2 Å². The fourth-order valence-corrected chi connectivity index (χ4v) is 2.57. The molecular formula is C16H18N4O2. The molecule has 1 heterocycles. The molecule has 0 fully saturated rings. The number of amides is 2. The number of urea groups is 1. The van der Waals surface area contributed by atoms with Crippen LogP contribution in [0, 0.1) is 0 Å². The standard InChI is InChI=1S/C16H18N4O2/c21-15-11-12-5-4-8-14(12)19-20(15)10-9-17-16(22)18-13-6-2-1-3-7-13/h1-3,6-7,11H,4-5,8-10H2,(H2,17,18,22). The van der Waals surface area contributed by atoms with Gasteiger partial charge in [-0.2, -0.15) is 5.10 Å². The molecule has 2 N–H and O–H groups in total. The average Bonchev–Trinajstić information content (AvgIpc) is 2.95. The summed E-state index contributed by atoms with van der Waals surface area (Å²) in [7, 11) is 0. The second-order valence-corrected chi connectivity index (χ2v) is 5.28. The number of rotatable bonds is 4. The van der Waals surface area contributed by atoms with E-state index in [0.717, 1.165) is 36.2 Å². The maximum Gasteiger partial charge on any atom is 0.319 e. The summed E-state index contributed by atoms with van der Waals surface area (Å²) in [4.78, 5) is 23.7. The highest BCUT2D eigenvalue weighted by Gasteiger charge is 2.14. The molecule has 6 heteroatoms. The first-order chi connectivity index (χ1) is 10.7. The van der Waals surface area contributed by atoms with Gasteiger partial charge >= 0.3 is 6.03 Å². The van der Waals surface area contributed by atoms with Crippen LogP contribution in [0.15, 0.2) is 41.2 Å². The van der Waals surface area contributed by atoms with E-state index < -0.39 is 0 Å². The monoisotopic (exact) mass is 298 g/mol. The van der Waals surface area contributed by atoms with Crippen molar-refractivity contribution < 1.29 is 4.79 Å². The predicted molar refractivity (Wildman–Crippen MR) is 84.0 cm³/mol. The van der Waals surface area contributed by atoms with Crippen LogP contribution in [-0.4, -0.2) is 22.4 Å². The van der Waals surface area contributed by atoms with Gasteiger partial charge in [0.25, 0.3) is 5.56 Å². The Labute approximate surface area is 128 Å². The normalized spacial score (nSPS) is 12.7. The van der Waals surface area contributed by atoms with Gasteiger partial charge in [-0.3, -0.25) is 4.79 Å². The molecule has 0 atom stereocenters. The van der Waals surface area contributed by atoms with E-state index in [0.29, 0.717) is 13.1 Å². The van der Waals surface area contributed by atoms with Crippen LogP contribution in [0.25, 0.3) is 0 Å². The molecule has 2 aromatic rings. The molecular weight excluding hydrogens is 280 g/mol. The molecule has 1 aromatic heterocycles. The van der Waals surface area contributed by atoms with Crippen LogP contribution in [0.3, 0.4) is 0 Å². The van der Waals surface area contributed by atoms with Crippen molar-refractivity contribution in [2.45, 2.75) is 25.8 Å². The van der Waals surface area contributed by atoms with E-state index in [4.69, 9.17) is 0 Å². The number of carbonyl (C=O) groups is 1. The predicted octanol–water partition coefficient (Wildman–Crippen LogP) is 1.55. The Kier molecular flexibility index (Phi) is 4.18. The lowest BCUT2D eigenvalue weighted by Gasteiger charge is -2.09. The summed E-state index contributed by atoms with van der Waals surface area (Å²) in [5.41, 5.74) is 2.70. The lowest BCUT2D eigenvalue weighted by molar-refractivity contribution is 0.251. The van der Waals surface area contributed by atoms with Gasteiger partial charge in [-0.1, -0.05) is 18.2 Å². The van der Waals surface area contributed by atoms with Gasteiger partial charge in [0, 0.05) is 18.3 Å². The lowest BCUT2D eigenvalue weighted by atomic mass is 10.2. The van der Waals surface area contributed by atoms with Crippen LogP contribution in [-0.2, 0) is 19.4 Å². The molecule has 0 unspecified atom stereocenters. The van der Waals surface area contributed by atoms with Gasteiger partial charge in [0.2, 0.25) is 0 Å². The highest BCUT2D eigenvalue weighted by molar-refractivity contribution is 5.89. The van der Waals surface area contributed by atoms with E-state index >= 15 is 0 Å². The van der Waals surface area contributed by atoms with Gasteiger partial charge < -0.3 is 10.6 Å². The summed E-state index contributed by atoms with van der Waals surface area (Å²) in [6.45, 7) is 0.721. The number of fused-ring (bicyclic) bond motifs is 1. The number of hydrogen-bond donors (Lipinski definition) is 2. The molecule has 1 aromatic carbocycles. The number of nitrogens with one attached hydrogen (secondary N) is 2. The topological polar surface area (TPSA) is 76.0 Å². The van der Waals surface area contributed by atoms with E-state index in [-0.39, 0.29) is 11.6 Å². The summed E-state index contributed by atoms with van der Waals surface area (Å²) in [6, 6.07) is 10.6. The molecule has 0 radical (unpaired) electrons. The smallest absolute Gasteiger partial charge is 0.319 e. The molecule has 0 saturated carbocycles. The van der Waals surface area contributed by atoms with Gasteiger partial charge in [-0.25, -0.2) is 9.48 Å². The summed E-state index contributed by atoms with van der Waals surface area (Å²) in [6.07, 6.45) is 2.93. The molecule has 0 bridgehead atoms. The van der Waals surface area contributed by atoms with Crippen LogP contribution in [0.4, 0.5) is 10.5 Å². The molecule has 0 spiro atoms. The second-order valence-electron chi connectivity index (χ2n) is 5.28. The van der Waals surface area contributed by atoms with Crippen molar-refractivity contribution in [2.75, 3.05) is 11.9 Å². The van der Waals surface area contributed by atoms with Gasteiger partial charge in [0.1, 0.15) is 0 Å². The number of hydrogen-bond acceptors (Lipinski definition) is 3. The minimum atomic E-state index is -0.291. The Hall–Kier alpha value is -2.63. The van der Waals surface area contributed by atoms with E-state index in [9.17, 15) is 9.59 Å². The number of aryl methyl sites for hydroxylation is 2. The zero-order valence-corrected chi connectivity index (χ0v) is 12.2. The first-order valence-electron chi connectivity index (χ1n) is 7.42. The van der Waals surface area contributed by atoms with Crippen LogP contribution >= 0.6 is 0 Å². The average molecular weight is 298 g/mol. The van der Waals surface area contributed by atoms with Crippen molar-refractivity contribution in [2.24, 2.45) is 0 Å². The number of benzene rings is 1. The van der Waals surface area contributed by atoms with E-state index in [1.807, 2.05) is 30.3 Å². The number of para-hydroxylation sites is 1. The molecule has 0 aliphatic heterocycles. The van der Waals surface area contributed by atoms with E-state index in [2.05, 4.69) is 15.7 Å². The van der Waals surface area contributed by atoms with Crippen LogP contribution in [0.1, 0.15) is 17.7 Å². The maximum atomic E-state index is 11.9. The molecule has 0 saturated heterocycles. The van der Waals surface area contributed by atoms with Crippen LogP contribution in [0.2, 0.25) is 0 Å². The number of anilines is 1. The number of carbonyl (C=O) groups excluding carboxylic acids is 1. The Morgan fingerprint density at radius 2 is 2.05 bits per heavy atom.